The Kier molecular flexibility index (Phi) is 2.84. The van der Waals surface area contributed by atoms with Crippen molar-refractivity contribution in [3.05, 3.63) is 66.2 Å². The lowest BCUT2D eigenvalue weighted by Gasteiger charge is -2.07. The molecule has 92 valence electrons. The third-order valence-electron chi connectivity index (χ3n) is 3.17. The molecule has 0 aliphatic heterocycles. The summed E-state index contributed by atoms with van der Waals surface area (Å²) >= 11 is 0. The number of benzene rings is 2. The monoisotopic (exact) mass is 247 g/mol. The van der Waals surface area contributed by atoms with E-state index >= 15 is 0 Å². The summed E-state index contributed by atoms with van der Waals surface area (Å²) < 4.78 is 0. The molecule has 2 heteroatoms. The third kappa shape index (κ3) is 2.13. The number of hydrogen-bond donors (Lipinski definition) is 0. The number of fused-ring (bicyclic) bond motifs is 1. The Morgan fingerprint density at radius 1 is 0.947 bits per heavy atom. The van der Waals surface area contributed by atoms with E-state index in [9.17, 15) is 4.79 Å². The second kappa shape index (κ2) is 4.65. The van der Waals surface area contributed by atoms with Crippen LogP contribution >= 0.6 is 0 Å². The zero-order valence-corrected chi connectivity index (χ0v) is 10.6. The van der Waals surface area contributed by atoms with Crippen molar-refractivity contribution in [3.63, 3.8) is 0 Å². The number of Topliss-reactive ketones (excluding diaryl/α,β-unsaturated/α-hetero) is 1. The number of aromatic nitrogens is 1. The first-order valence-corrected chi connectivity index (χ1v) is 6.22. The van der Waals surface area contributed by atoms with E-state index in [-0.39, 0.29) is 5.78 Å². The Morgan fingerprint density at radius 3 is 2.37 bits per heavy atom. The molecule has 0 saturated carbocycles. The number of rotatable bonds is 2. The molecule has 0 radical (unpaired) electrons. The third-order valence-corrected chi connectivity index (χ3v) is 3.17. The van der Waals surface area contributed by atoms with E-state index in [1.54, 1.807) is 6.92 Å². The van der Waals surface area contributed by atoms with E-state index in [4.69, 9.17) is 0 Å². The summed E-state index contributed by atoms with van der Waals surface area (Å²) in [4.78, 5) is 16.5. The Balaban J connectivity index is 2.31. The quantitative estimate of drug-likeness (QED) is 0.638. The van der Waals surface area contributed by atoms with Crippen LogP contribution in [0.4, 0.5) is 0 Å². The molecular weight excluding hydrogens is 234 g/mol. The summed E-state index contributed by atoms with van der Waals surface area (Å²) in [6.07, 6.45) is 0. The van der Waals surface area contributed by atoms with Crippen LogP contribution in [-0.2, 0) is 0 Å². The molecule has 3 aromatic rings. The van der Waals surface area contributed by atoms with Gasteiger partial charge < -0.3 is 0 Å². The van der Waals surface area contributed by atoms with Gasteiger partial charge in [0.2, 0.25) is 0 Å². The number of ketones is 1. The van der Waals surface area contributed by atoms with Crippen LogP contribution < -0.4 is 0 Å². The predicted molar refractivity (Wildman–Crippen MR) is 77.2 cm³/mol. The zero-order chi connectivity index (χ0) is 13.2. The second-order valence-electron chi connectivity index (χ2n) is 4.49. The Bertz CT molecular complexity index is 748. The van der Waals surface area contributed by atoms with Gasteiger partial charge in [0, 0.05) is 16.5 Å². The van der Waals surface area contributed by atoms with E-state index in [1.165, 1.54) is 0 Å². The molecule has 1 aromatic heterocycles. The van der Waals surface area contributed by atoms with Gasteiger partial charge in [-0.05, 0) is 19.1 Å². The Hall–Kier alpha value is -2.48. The fourth-order valence-corrected chi connectivity index (χ4v) is 2.22. The minimum Gasteiger partial charge on any atom is -0.294 e. The van der Waals surface area contributed by atoms with E-state index in [0.717, 1.165) is 27.7 Å². The van der Waals surface area contributed by atoms with Gasteiger partial charge in [0.05, 0.1) is 11.2 Å². The van der Waals surface area contributed by atoms with Crippen LogP contribution in [-0.4, -0.2) is 10.8 Å². The summed E-state index contributed by atoms with van der Waals surface area (Å²) in [5, 5.41) is 0.912. The van der Waals surface area contributed by atoms with Crippen molar-refractivity contribution in [1.29, 1.82) is 0 Å². The fourth-order valence-electron chi connectivity index (χ4n) is 2.22. The summed E-state index contributed by atoms with van der Waals surface area (Å²) in [7, 11) is 0. The van der Waals surface area contributed by atoms with Gasteiger partial charge in [-0.1, -0.05) is 48.5 Å². The molecule has 2 aromatic carbocycles. The van der Waals surface area contributed by atoms with Crippen LogP contribution in [0.3, 0.4) is 0 Å². The number of hydrogen-bond acceptors (Lipinski definition) is 2. The fraction of sp³-hybridized carbons (Fsp3) is 0.0588. The average molecular weight is 247 g/mol. The predicted octanol–water partition coefficient (Wildman–Crippen LogP) is 4.10. The van der Waals surface area contributed by atoms with Crippen LogP contribution in [0.15, 0.2) is 60.7 Å². The van der Waals surface area contributed by atoms with Crippen molar-refractivity contribution in [3.8, 4) is 11.3 Å². The lowest BCUT2D eigenvalue weighted by atomic mass is 10.0. The van der Waals surface area contributed by atoms with Gasteiger partial charge in [0.1, 0.15) is 0 Å². The molecule has 2 nitrogen and oxygen atoms in total. The zero-order valence-electron chi connectivity index (χ0n) is 10.6. The van der Waals surface area contributed by atoms with Gasteiger partial charge in [0.25, 0.3) is 0 Å². The van der Waals surface area contributed by atoms with Crippen molar-refractivity contribution in [1.82, 2.24) is 4.98 Å². The topological polar surface area (TPSA) is 30.0 Å². The Labute approximate surface area is 111 Å². The van der Waals surface area contributed by atoms with E-state index in [0.29, 0.717) is 0 Å². The number of para-hydroxylation sites is 1. The van der Waals surface area contributed by atoms with Crippen LogP contribution in [0.2, 0.25) is 0 Å². The highest BCUT2D eigenvalue weighted by Gasteiger charge is 2.10. The van der Waals surface area contributed by atoms with Crippen molar-refractivity contribution in [2.75, 3.05) is 0 Å². The number of pyridine rings is 1. The van der Waals surface area contributed by atoms with Gasteiger partial charge in [0.15, 0.2) is 5.78 Å². The molecule has 0 bridgehead atoms. The molecule has 0 atom stereocenters. The molecule has 0 N–H and O–H groups in total. The summed E-state index contributed by atoms with van der Waals surface area (Å²) in [5.74, 6) is 0.0655. The lowest BCUT2D eigenvalue weighted by molar-refractivity contribution is 0.101. The average Bonchev–Trinajstić information content (AvgIpc) is 2.47. The maximum Gasteiger partial charge on any atom is 0.160 e. The minimum atomic E-state index is 0.0655. The van der Waals surface area contributed by atoms with E-state index in [2.05, 4.69) is 4.98 Å². The lowest BCUT2D eigenvalue weighted by Crippen LogP contribution is -1.97. The first-order valence-electron chi connectivity index (χ1n) is 6.22. The molecule has 19 heavy (non-hydrogen) atoms. The molecule has 0 saturated heterocycles. The molecule has 0 aliphatic rings. The minimum absolute atomic E-state index is 0.0655. The first-order chi connectivity index (χ1) is 9.25. The van der Waals surface area contributed by atoms with Crippen molar-refractivity contribution >= 4 is 16.7 Å². The molecule has 0 aliphatic carbocycles. The number of carbonyl (C=O) groups is 1. The number of nitrogens with zero attached hydrogens (tertiary/aromatic N) is 1. The summed E-state index contributed by atoms with van der Waals surface area (Å²) in [6.45, 7) is 1.59. The van der Waals surface area contributed by atoms with Crippen molar-refractivity contribution in [2.24, 2.45) is 0 Å². The van der Waals surface area contributed by atoms with Crippen molar-refractivity contribution < 1.29 is 4.79 Å². The van der Waals surface area contributed by atoms with Crippen molar-refractivity contribution in [2.45, 2.75) is 6.92 Å². The van der Waals surface area contributed by atoms with Gasteiger partial charge in [-0.25, -0.2) is 4.98 Å². The second-order valence-corrected chi connectivity index (χ2v) is 4.49. The molecule has 0 unspecified atom stereocenters. The molecule has 0 spiro atoms. The SMILES string of the molecule is CC(=O)c1cc(-c2ccccc2)nc2ccccc12. The van der Waals surface area contributed by atoms with Gasteiger partial charge in [-0.15, -0.1) is 0 Å². The van der Waals surface area contributed by atoms with Crippen LogP contribution in [0.5, 0.6) is 0 Å². The molecule has 0 fully saturated rings. The van der Waals surface area contributed by atoms with Gasteiger partial charge in [-0.2, -0.15) is 0 Å². The summed E-state index contributed by atoms with van der Waals surface area (Å²) in [5.41, 5.74) is 3.44. The highest BCUT2D eigenvalue weighted by atomic mass is 16.1. The smallest absolute Gasteiger partial charge is 0.160 e. The van der Waals surface area contributed by atoms with Crippen LogP contribution in [0.1, 0.15) is 17.3 Å². The van der Waals surface area contributed by atoms with E-state index in [1.807, 2.05) is 60.7 Å². The molecule has 1 heterocycles. The highest BCUT2D eigenvalue weighted by molar-refractivity contribution is 6.07. The standard InChI is InChI=1S/C17H13NO/c1-12(19)15-11-17(13-7-3-2-4-8-13)18-16-10-6-5-9-14(15)16/h2-11H,1H3. The first kappa shape index (κ1) is 11.6. The summed E-state index contributed by atoms with van der Waals surface area (Å²) in [6, 6.07) is 19.5. The molecule has 3 rings (SSSR count). The van der Waals surface area contributed by atoms with E-state index < -0.39 is 0 Å². The maximum atomic E-state index is 11.8. The normalized spacial score (nSPS) is 10.6. The van der Waals surface area contributed by atoms with Crippen LogP contribution in [0.25, 0.3) is 22.2 Å². The number of carbonyl (C=O) groups excluding carboxylic acids is 1. The Morgan fingerprint density at radius 2 is 1.63 bits per heavy atom. The largest absolute Gasteiger partial charge is 0.294 e. The molecule has 0 amide bonds. The van der Waals surface area contributed by atoms with Gasteiger partial charge >= 0.3 is 0 Å². The van der Waals surface area contributed by atoms with Crippen LogP contribution in [0, 0.1) is 0 Å². The molecular formula is C17H13NO. The van der Waals surface area contributed by atoms with Gasteiger partial charge in [-0.3, -0.25) is 4.79 Å². The highest BCUT2D eigenvalue weighted by Crippen LogP contribution is 2.24. The maximum absolute atomic E-state index is 11.8.